The molecule has 7 atom stereocenters. The lowest BCUT2D eigenvalue weighted by Crippen LogP contribution is -2.72. The molecule has 0 aromatic carbocycles. The highest BCUT2D eigenvalue weighted by Crippen LogP contribution is 2.88. The summed E-state index contributed by atoms with van der Waals surface area (Å²) < 4.78 is 5.14. The molecule has 0 saturated heterocycles. The Morgan fingerprint density at radius 3 is 2.94 bits per heavy atom. The zero-order chi connectivity index (χ0) is 11.1. The number of primary amides is 1. The van der Waals surface area contributed by atoms with E-state index in [1.54, 1.807) is 0 Å². The van der Waals surface area contributed by atoms with Crippen molar-refractivity contribution < 1.29 is 9.32 Å². The molecule has 1 amide bonds. The first-order chi connectivity index (χ1) is 7.59. The maximum absolute atomic E-state index is 10.8. The average Bonchev–Trinajstić information content (AvgIpc) is 2.69. The Balaban J connectivity index is 1.60. The van der Waals surface area contributed by atoms with Gasteiger partial charge in [-0.05, 0) is 54.8 Å². The van der Waals surface area contributed by atoms with Crippen LogP contribution in [0, 0.1) is 29.1 Å². The van der Waals surface area contributed by atoms with Crippen molar-refractivity contribution in [1.29, 1.82) is 0 Å². The Morgan fingerprint density at radius 1 is 1.44 bits per heavy atom. The van der Waals surface area contributed by atoms with E-state index in [1.807, 2.05) is 0 Å². The molecule has 4 saturated carbocycles. The van der Waals surface area contributed by atoms with Gasteiger partial charge >= 0.3 is 6.09 Å². The summed E-state index contributed by atoms with van der Waals surface area (Å²) in [7, 11) is 0.325. The van der Waals surface area contributed by atoms with Gasteiger partial charge in [-0.25, -0.2) is 4.79 Å². The second-order valence-electron chi connectivity index (χ2n) is 6.42. The van der Waals surface area contributed by atoms with Crippen molar-refractivity contribution >= 4 is 14.9 Å². The summed E-state index contributed by atoms with van der Waals surface area (Å²) in [6.07, 6.45) is 4.88. The minimum atomic E-state index is -0.586. The standard InChI is InChI=1S/C12H18NO2P/c1-6-7-2-8-4-11(16-15-10(13)14)5-9(6)12(8,11)3-7/h6-9,16H,2-5H2,1H3,(H2,13,14)/t6-,7?,8?,9?,11+,12?/m1/s1. The molecule has 2 N–H and O–H groups in total. The summed E-state index contributed by atoms with van der Waals surface area (Å²) in [4.78, 5) is 10.8. The highest BCUT2D eigenvalue weighted by Gasteiger charge is 2.83. The lowest BCUT2D eigenvalue weighted by molar-refractivity contribution is -0.167. The predicted molar refractivity (Wildman–Crippen MR) is 62.2 cm³/mol. The molecule has 0 heterocycles. The second-order valence-corrected chi connectivity index (χ2v) is 7.78. The third-order valence-corrected chi connectivity index (χ3v) is 7.92. The molecule has 4 heteroatoms. The van der Waals surface area contributed by atoms with Crippen LogP contribution in [-0.2, 0) is 4.52 Å². The molecular formula is C12H18NO2P. The van der Waals surface area contributed by atoms with Crippen molar-refractivity contribution in [2.24, 2.45) is 34.8 Å². The van der Waals surface area contributed by atoms with Crippen LogP contribution >= 0.6 is 8.81 Å². The van der Waals surface area contributed by atoms with Crippen LogP contribution in [0.15, 0.2) is 0 Å². The van der Waals surface area contributed by atoms with Crippen LogP contribution in [0.5, 0.6) is 0 Å². The highest BCUT2D eigenvalue weighted by atomic mass is 31.1. The van der Waals surface area contributed by atoms with Gasteiger partial charge in [0.1, 0.15) is 0 Å². The summed E-state index contributed by atoms with van der Waals surface area (Å²) in [6, 6.07) is 0. The lowest BCUT2D eigenvalue weighted by Gasteiger charge is -2.74. The fourth-order valence-electron chi connectivity index (χ4n) is 5.81. The second kappa shape index (κ2) is 2.58. The minimum Gasteiger partial charge on any atom is -0.432 e. The number of amides is 1. The van der Waals surface area contributed by atoms with E-state index in [0.717, 1.165) is 23.7 Å². The van der Waals surface area contributed by atoms with Gasteiger partial charge in [-0.2, -0.15) is 0 Å². The van der Waals surface area contributed by atoms with Crippen molar-refractivity contribution in [3.05, 3.63) is 0 Å². The Morgan fingerprint density at radius 2 is 2.25 bits per heavy atom. The van der Waals surface area contributed by atoms with Crippen LogP contribution in [0.2, 0.25) is 0 Å². The van der Waals surface area contributed by atoms with E-state index in [9.17, 15) is 4.79 Å². The number of hydrogen-bond donors (Lipinski definition) is 1. The smallest absolute Gasteiger partial charge is 0.406 e. The molecule has 4 aliphatic carbocycles. The van der Waals surface area contributed by atoms with E-state index in [2.05, 4.69) is 6.92 Å². The molecule has 0 aromatic heterocycles. The highest BCUT2D eigenvalue weighted by molar-refractivity contribution is 7.35. The molecule has 5 unspecified atom stereocenters. The van der Waals surface area contributed by atoms with Gasteiger partial charge in [0.05, 0.1) is 8.81 Å². The molecule has 0 aliphatic heterocycles. The van der Waals surface area contributed by atoms with Gasteiger partial charge in [0.25, 0.3) is 0 Å². The maximum atomic E-state index is 10.8. The Labute approximate surface area is 97.3 Å². The summed E-state index contributed by atoms with van der Waals surface area (Å²) >= 11 is 0. The van der Waals surface area contributed by atoms with Gasteiger partial charge in [0.2, 0.25) is 0 Å². The van der Waals surface area contributed by atoms with Crippen molar-refractivity contribution in [1.82, 2.24) is 0 Å². The van der Waals surface area contributed by atoms with E-state index in [4.69, 9.17) is 10.3 Å². The van der Waals surface area contributed by atoms with Crippen molar-refractivity contribution in [3.63, 3.8) is 0 Å². The van der Waals surface area contributed by atoms with Gasteiger partial charge in [-0.1, -0.05) is 6.92 Å². The Hall–Kier alpha value is -0.300. The summed E-state index contributed by atoms with van der Waals surface area (Å²) in [5.74, 6) is 3.78. The third kappa shape index (κ3) is 0.766. The SMILES string of the molecule is C[C@@H]1C2CC3C[C@]4(POC(N)=O)CC1C34C2. The normalized spacial score (nSPS) is 60.6. The monoisotopic (exact) mass is 239 g/mol. The fraction of sp³-hybridized carbons (Fsp3) is 0.917. The molecule has 88 valence electrons. The van der Waals surface area contributed by atoms with E-state index < -0.39 is 6.09 Å². The van der Waals surface area contributed by atoms with Gasteiger partial charge in [-0.15, -0.1) is 0 Å². The first kappa shape index (κ1) is 9.70. The molecular weight excluding hydrogens is 221 g/mol. The van der Waals surface area contributed by atoms with Crippen LogP contribution < -0.4 is 5.73 Å². The maximum Gasteiger partial charge on any atom is 0.406 e. The van der Waals surface area contributed by atoms with Crippen LogP contribution in [0.4, 0.5) is 4.79 Å². The number of carbonyl (C=O) groups is 1. The largest absolute Gasteiger partial charge is 0.432 e. The van der Waals surface area contributed by atoms with E-state index in [1.165, 1.54) is 25.7 Å². The molecule has 1 spiro atoms. The van der Waals surface area contributed by atoms with Crippen molar-refractivity contribution in [2.45, 2.75) is 37.8 Å². The topological polar surface area (TPSA) is 52.3 Å². The lowest BCUT2D eigenvalue weighted by atomic mass is 9.36. The van der Waals surface area contributed by atoms with Gasteiger partial charge < -0.3 is 10.3 Å². The zero-order valence-corrected chi connectivity index (χ0v) is 10.5. The Kier molecular flexibility index (Phi) is 1.56. The number of nitrogens with two attached hydrogens (primary N) is 1. The molecule has 0 radical (unpaired) electrons. The number of carbonyl (C=O) groups excluding carboxylic acids is 1. The first-order valence-electron chi connectivity index (χ1n) is 6.32. The van der Waals surface area contributed by atoms with Crippen LogP contribution in [0.1, 0.15) is 32.6 Å². The van der Waals surface area contributed by atoms with Crippen LogP contribution in [-0.4, -0.2) is 11.2 Å². The van der Waals surface area contributed by atoms with Crippen molar-refractivity contribution in [2.75, 3.05) is 0 Å². The number of fused-ring (bicyclic) bond motifs is 1. The molecule has 4 aliphatic rings. The Bertz CT molecular complexity index is 387. The molecule has 16 heavy (non-hydrogen) atoms. The number of hydrogen-bond acceptors (Lipinski definition) is 2. The van der Waals surface area contributed by atoms with Crippen LogP contribution in [0.25, 0.3) is 0 Å². The third-order valence-electron chi connectivity index (χ3n) is 6.36. The van der Waals surface area contributed by atoms with Gasteiger partial charge in [0, 0.05) is 5.16 Å². The van der Waals surface area contributed by atoms with Gasteiger partial charge in [0.15, 0.2) is 0 Å². The average molecular weight is 239 g/mol. The van der Waals surface area contributed by atoms with Crippen molar-refractivity contribution in [3.8, 4) is 0 Å². The summed E-state index contributed by atoms with van der Waals surface area (Å²) in [6.45, 7) is 2.43. The molecule has 2 bridgehead atoms. The van der Waals surface area contributed by atoms with E-state index in [0.29, 0.717) is 19.4 Å². The van der Waals surface area contributed by atoms with Gasteiger partial charge in [-0.3, -0.25) is 0 Å². The van der Waals surface area contributed by atoms with E-state index >= 15 is 0 Å². The molecule has 4 rings (SSSR count). The number of rotatable bonds is 2. The summed E-state index contributed by atoms with van der Waals surface area (Å²) in [5.41, 5.74) is 5.69. The first-order valence-corrected chi connectivity index (χ1v) is 7.23. The quantitative estimate of drug-likeness (QED) is 0.753. The predicted octanol–water partition coefficient (Wildman–Crippen LogP) is 2.50. The minimum absolute atomic E-state index is 0.325. The molecule has 4 fully saturated rings. The van der Waals surface area contributed by atoms with Crippen LogP contribution in [0.3, 0.4) is 0 Å². The fourth-order valence-corrected chi connectivity index (χ4v) is 7.42. The zero-order valence-electron chi connectivity index (χ0n) is 9.53. The van der Waals surface area contributed by atoms with E-state index in [-0.39, 0.29) is 0 Å². The summed E-state index contributed by atoms with van der Waals surface area (Å²) in [5, 5.41) is 0.372. The molecule has 3 nitrogen and oxygen atoms in total. The molecule has 0 aromatic rings.